The molecule has 0 radical (unpaired) electrons. The molecule has 4 rings (SSSR count). The minimum absolute atomic E-state index is 0.181. The highest BCUT2D eigenvalue weighted by molar-refractivity contribution is 5.55. The van der Waals surface area contributed by atoms with Gasteiger partial charge in [0.05, 0.1) is 6.61 Å². The summed E-state index contributed by atoms with van der Waals surface area (Å²) in [6.45, 7) is 7.75. The van der Waals surface area contributed by atoms with E-state index in [9.17, 15) is 4.39 Å². The Hall–Kier alpha value is -2.38. The Balaban J connectivity index is 1.34. The largest absolute Gasteiger partial charge is 0.383 e. The first kappa shape index (κ1) is 20.9. The average Bonchev–Trinajstić information content (AvgIpc) is 2.78. The zero-order valence-electron chi connectivity index (χ0n) is 17.8. The predicted molar refractivity (Wildman–Crippen MR) is 120 cm³/mol. The van der Waals surface area contributed by atoms with Gasteiger partial charge in [-0.05, 0) is 37.1 Å². The number of benzene rings is 1. The maximum Gasteiger partial charge on any atom is 0.128 e. The fraction of sp³-hybridized carbons (Fsp3) is 0.522. The summed E-state index contributed by atoms with van der Waals surface area (Å²) in [6, 6.07) is 11.4. The molecule has 2 saturated heterocycles. The van der Waals surface area contributed by atoms with Crippen LogP contribution in [0, 0.1) is 5.82 Å². The monoisotopic (exact) mass is 413 g/mol. The molecule has 2 fully saturated rings. The Morgan fingerprint density at radius 1 is 1.07 bits per heavy atom. The van der Waals surface area contributed by atoms with Gasteiger partial charge < -0.3 is 19.9 Å². The lowest BCUT2D eigenvalue weighted by atomic mass is 10.0. The second-order valence-corrected chi connectivity index (χ2v) is 8.13. The molecule has 1 atom stereocenters. The molecule has 0 aliphatic carbocycles. The van der Waals surface area contributed by atoms with Gasteiger partial charge in [0, 0.05) is 82.6 Å². The highest BCUT2D eigenvalue weighted by Gasteiger charge is 2.22. The summed E-state index contributed by atoms with van der Waals surface area (Å²) < 4.78 is 18.8. The summed E-state index contributed by atoms with van der Waals surface area (Å²) in [5, 5.41) is 3.61. The number of pyridine rings is 1. The SMILES string of the molecule is COCCN1CCN(c2ccnc(NC3CCCN(c4cccc(F)c4)C3)c2)CC1. The topological polar surface area (TPSA) is 43.9 Å². The van der Waals surface area contributed by atoms with Gasteiger partial charge in [-0.25, -0.2) is 9.37 Å². The number of piperazine rings is 1. The molecule has 6 nitrogen and oxygen atoms in total. The number of hydrogen-bond acceptors (Lipinski definition) is 6. The zero-order chi connectivity index (χ0) is 20.8. The molecule has 2 aliphatic heterocycles. The quantitative estimate of drug-likeness (QED) is 0.753. The lowest BCUT2D eigenvalue weighted by Gasteiger charge is -2.36. The Labute approximate surface area is 178 Å². The van der Waals surface area contributed by atoms with E-state index in [-0.39, 0.29) is 5.82 Å². The number of methoxy groups -OCH3 is 1. The molecule has 1 aromatic heterocycles. The van der Waals surface area contributed by atoms with Gasteiger partial charge in [0.2, 0.25) is 0 Å². The molecule has 1 N–H and O–H groups in total. The Morgan fingerprint density at radius 2 is 1.90 bits per heavy atom. The van der Waals surface area contributed by atoms with E-state index < -0.39 is 0 Å². The Bertz CT molecular complexity index is 812. The number of anilines is 3. The van der Waals surface area contributed by atoms with Crippen LogP contribution in [0.5, 0.6) is 0 Å². The van der Waals surface area contributed by atoms with Crippen LogP contribution in [0.3, 0.4) is 0 Å². The van der Waals surface area contributed by atoms with Crippen LogP contribution >= 0.6 is 0 Å². The summed E-state index contributed by atoms with van der Waals surface area (Å²) in [6.07, 6.45) is 4.06. The number of hydrogen-bond donors (Lipinski definition) is 1. The van der Waals surface area contributed by atoms with E-state index in [1.54, 1.807) is 19.2 Å². The molecule has 2 aliphatic rings. The minimum atomic E-state index is -0.181. The minimum Gasteiger partial charge on any atom is -0.383 e. The van der Waals surface area contributed by atoms with Crippen LogP contribution in [-0.2, 0) is 4.74 Å². The van der Waals surface area contributed by atoms with E-state index in [1.165, 1.54) is 11.8 Å². The lowest BCUT2D eigenvalue weighted by molar-refractivity contribution is 0.144. The maximum absolute atomic E-state index is 13.6. The van der Waals surface area contributed by atoms with Crippen LogP contribution in [0.1, 0.15) is 12.8 Å². The van der Waals surface area contributed by atoms with E-state index in [0.29, 0.717) is 6.04 Å². The second-order valence-electron chi connectivity index (χ2n) is 8.13. The number of aromatic nitrogens is 1. The van der Waals surface area contributed by atoms with E-state index in [1.807, 2.05) is 12.3 Å². The third kappa shape index (κ3) is 5.40. The van der Waals surface area contributed by atoms with Crippen molar-refractivity contribution in [3.05, 3.63) is 48.4 Å². The zero-order valence-corrected chi connectivity index (χ0v) is 17.8. The molecule has 162 valence electrons. The van der Waals surface area contributed by atoms with Crippen molar-refractivity contribution in [2.24, 2.45) is 0 Å². The molecule has 7 heteroatoms. The van der Waals surface area contributed by atoms with Crippen LogP contribution in [-0.4, -0.2) is 75.5 Å². The standard InChI is InChI=1S/C23H32FN5O/c1-30-15-14-27-10-12-28(13-11-27)22-7-8-25-23(17-22)26-20-5-3-9-29(18-20)21-6-2-4-19(24)16-21/h2,4,6-8,16-17,20H,3,5,9-15,18H2,1H3,(H,25,26). The van der Waals surface area contributed by atoms with Crippen LogP contribution in [0.2, 0.25) is 0 Å². The van der Waals surface area contributed by atoms with Crippen LogP contribution < -0.4 is 15.1 Å². The van der Waals surface area contributed by atoms with Crippen molar-refractivity contribution in [2.45, 2.75) is 18.9 Å². The van der Waals surface area contributed by atoms with Gasteiger partial charge in [-0.15, -0.1) is 0 Å². The fourth-order valence-electron chi connectivity index (χ4n) is 4.36. The van der Waals surface area contributed by atoms with Crippen molar-refractivity contribution in [3.8, 4) is 0 Å². The number of nitrogens with zero attached hydrogens (tertiary/aromatic N) is 4. The van der Waals surface area contributed by atoms with Crippen molar-refractivity contribution in [1.82, 2.24) is 9.88 Å². The molecule has 0 saturated carbocycles. The van der Waals surface area contributed by atoms with Crippen LogP contribution in [0.4, 0.5) is 21.6 Å². The second kappa shape index (κ2) is 10.1. The molecular formula is C23H32FN5O. The van der Waals surface area contributed by atoms with Crippen LogP contribution in [0.25, 0.3) is 0 Å². The van der Waals surface area contributed by atoms with Gasteiger partial charge in [-0.3, -0.25) is 4.90 Å². The molecule has 1 unspecified atom stereocenters. The van der Waals surface area contributed by atoms with Gasteiger partial charge in [0.15, 0.2) is 0 Å². The number of ether oxygens (including phenoxy) is 1. The van der Waals surface area contributed by atoms with E-state index in [0.717, 1.165) is 76.8 Å². The van der Waals surface area contributed by atoms with E-state index in [2.05, 4.69) is 37.1 Å². The van der Waals surface area contributed by atoms with Gasteiger partial charge >= 0.3 is 0 Å². The van der Waals surface area contributed by atoms with Gasteiger partial charge in [-0.2, -0.15) is 0 Å². The number of nitrogens with one attached hydrogen (secondary N) is 1. The molecule has 0 bridgehead atoms. The molecule has 0 amide bonds. The highest BCUT2D eigenvalue weighted by atomic mass is 19.1. The number of rotatable bonds is 7. The van der Waals surface area contributed by atoms with Gasteiger partial charge in [0.1, 0.15) is 11.6 Å². The van der Waals surface area contributed by atoms with Crippen LogP contribution in [0.15, 0.2) is 42.6 Å². The van der Waals surface area contributed by atoms with Crippen molar-refractivity contribution in [3.63, 3.8) is 0 Å². The first-order valence-electron chi connectivity index (χ1n) is 10.9. The first-order chi connectivity index (χ1) is 14.7. The molecular weight excluding hydrogens is 381 g/mol. The molecule has 1 aromatic carbocycles. The maximum atomic E-state index is 13.6. The van der Waals surface area contributed by atoms with Crippen molar-refractivity contribution in [1.29, 1.82) is 0 Å². The number of piperidine rings is 1. The summed E-state index contributed by atoms with van der Waals surface area (Å²) in [7, 11) is 1.76. The van der Waals surface area contributed by atoms with E-state index in [4.69, 9.17) is 4.74 Å². The Kier molecular flexibility index (Phi) is 7.02. The molecule has 2 aromatic rings. The number of halogens is 1. The Morgan fingerprint density at radius 3 is 2.70 bits per heavy atom. The fourth-order valence-corrected chi connectivity index (χ4v) is 4.36. The van der Waals surface area contributed by atoms with Crippen molar-refractivity contribution >= 4 is 17.2 Å². The summed E-state index contributed by atoms with van der Waals surface area (Å²) in [5.41, 5.74) is 2.17. The van der Waals surface area contributed by atoms with Gasteiger partial charge in [0.25, 0.3) is 0 Å². The summed E-state index contributed by atoms with van der Waals surface area (Å²) in [5.74, 6) is 0.736. The van der Waals surface area contributed by atoms with E-state index >= 15 is 0 Å². The first-order valence-corrected chi connectivity index (χ1v) is 10.9. The predicted octanol–water partition coefficient (Wildman–Crippen LogP) is 3.07. The average molecular weight is 414 g/mol. The molecule has 3 heterocycles. The van der Waals surface area contributed by atoms with Crippen molar-refractivity contribution < 1.29 is 9.13 Å². The third-order valence-electron chi connectivity index (χ3n) is 6.04. The molecule has 0 spiro atoms. The van der Waals surface area contributed by atoms with Gasteiger partial charge in [-0.1, -0.05) is 6.07 Å². The molecule has 30 heavy (non-hydrogen) atoms. The summed E-state index contributed by atoms with van der Waals surface area (Å²) >= 11 is 0. The smallest absolute Gasteiger partial charge is 0.128 e. The summed E-state index contributed by atoms with van der Waals surface area (Å²) in [4.78, 5) is 11.7. The highest BCUT2D eigenvalue weighted by Crippen LogP contribution is 2.24. The van der Waals surface area contributed by atoms with Crippen molar-refractivity contribution in [2.75, 3.05) is 74.6 Å². The third-order valence-corrected chi connectivity index (χ3v) is 6.04. The normalized spacial score (nSPS) is 20.4. The lowest BCUT2D eigenvalue weighted by Crippen LogP contribution is -2.47.